The fourth-order valence-corrected chi connectivity index (χ4v) is 3.23. The van der Waals surface area contributed by atoms with Gasteiger partial charge in [0.1, 0.15) is 5.56 Å². The van der Waals surface area contributed by atoms with Crippen LogP contribution in [-0.4, -0.2) is 52.2 Å². The molecule has 1 saturated heterocycles. The van der Waals surface area contributed by atoms with Gasteiger partial charge in [0.2, 0.25) is 11.8 Å². The molecule has 0 aliphatic carbocycles. The number of nitrogens with one attached hydrogen (secondary N) is 3. The lowest BCUT2D eigenvalue weighted by Crippen LogP contribution is -2.50. The molecule has 0 spiro atoms. The summed E-state index contributed by atoms with van der Waals surface area (Å²) in [5.74, 6) is -0.795. The van der Waals surface area contributed by atoms with Gasteiger partial charge >= 0.3 is 0 Å². The molecule has 3 rings (SSSR count). The summed E-state index contributed by atoms with van der Waals surface area (Å²) in [6, 6.07) is 2.99. The number of H-pyrrole nitrogens is 1. The number of piperazine rings is 1. The number of thiazole rings is 1. The smallest absolute Gasteiger partial charge is 0.263 e. The van der Waals surface area contributed by atoms with Gasteiger partial charge in [-0.1, -0.05) is 0 Å². The molecule has 0 bridgehead atoms. The van der Waals surface area contributed by atoms with Crippen molar-refractivity contribution in [3.8, 4) is 0 Å². The number of amides is 3. The van der Waals surface area contributed by atoms with Crippen LogP contribution < -0.4 is 16.2 Å². The maximum Gasteiger partial charge on any atom is 0.263 e. The molecule has 1 aliphatic rings. The summed E-state index contributed by atoms with van der Waals surface area (Å²) >= 11 is 1.22. The molecule has 1 aliphatic heterocycles. The molecule has 0 unspecified atom stereocenters. The Hall–Kier alpha value is -3.01. The number of carbonyl (C=O) groups excluding carboxylic acids is 3. The highest BCUT2D eigenvalue weighted by atomic mass is 32.1. The Balaban J connectivity index is 1.54. The second-order valence-electron chi connectivity index (χ2n) is 5.68. The first-order chi connectivity index (χ1) is 12.5. The van der Waals surface area contributed by atoms with Crippen LogP contribution in [0.3, 0.4) is 0 Å². The van der Waals surface area contributed by atoms with Gasteiger partial charge in [0, 0.05) is 31.1 Å². The summed E-state index contributed by atoms with van der Waals surface area (Å²) in [4.78, 5) is 55.4. The van der Waals surface area contributed by atoms with Crippen LogP contribution in [0.2, 0.25) is 0 Å². The molecule has 10 heteroatoms. The average Bonchev–Trinajstić information content (AvgIpc) is 3.07. The van der Waals surface area contributed by atoms with Crippen molar-refractivity contribution in [1.29, 1.82) is 0 Å². The third-order valence-electron chi connectivity index (χ3n) is 3.82. The fourth-order valence-electron chi connectivity index (χ4n) is 2.49. The maximum absolute atomic E-state index is 12.1. The number of hydrogen-bond acceptors (Lipinski definition) is 6. The molecule has 26 heavy (non-hydrogen) atoms. The van der Waals surface area contributed by atoms with Crippen molar-refractivity contribution in [2.75, 3.05) is 25.0 Å². The second kappa shape index (κ2) is 7.91. The van der Waals surface area contributed by atoms with Crippen molar-refractivity contribution in [3.05, 3.63) is 45.3 Å². The van der Waals surface area contributed by atoms with E-state index in [9.17, 15) is 19.2 Å². The first-order valence-corrected chi connectivity index (χ1v) is 8.89. The van der Waals surface area contributed by atoms with Gasteiger partial charge in [-0.3, -0.25) is 24.5 Å². The van der Waals surface area contributed by atoms with E-state index < -0.39 is 11.5 Å². The van der Waals surface area contributed by atoms with E-state index in [2.05, 4.69) is 20.6 Å². The highest BCUT2D eigenvalue weighted by Crippen LogP contribution is 2.17. The highest BCUT2D eigenvalue weighted by Gasteiger charge is 2.21. The number of aryl methyl sites for hydroxylation is 1. The Morgan fingerprint density at radius 1 is 1.35 bits per heavy atom. The number of nitrogens with zero attached hydrogens (tertiary/aromatic N) is 2. The Bertz CT molecular complexity index is 891. The summed E-state index contributed by atoms with van der Waals surface area (Å²) in [5, 5.41) is 7.36. The topological polar surface area (TPSA) is 124 Å². The van der Waals surface area contributed by atoms with Crippen molar-refractivity contribution in [3.63, 3.8) is 0 Å². The van der Waals surface area contributed by atoms with E-state index in [1.807, 2.05) is 0 Å². The molecule has 9 nitrogen and oxygen atoms in total. The molecule has 0 radical (unpaired) electrons. The van der Waals surface area contributed by atoms with Crippen LogP contribution in [0.1, 0.15) is 22.5 Å². The van der Waals surface area contributed by atoms with Crippen LogP contribution in [0.25, 0.3) is 0 Å². The molecule has 136 valence electrons. The average molecular weight is 375 g/mol. The van der Waals surface area contributed by atoms with Gasteiger partial charge in [0.05, 0.1) is 12.2 Å². The molecule has 0 aromatic carbocycles. The monoisotopic (exact) mass is 375 g/mol. The lowest BCUT2D eigenvalue weighted by atomic mass is 10.2. The Morgan fingerprint density at radius 3 is 2.96 bits per heavy atom. The maximum atomic E-state index is 12.1. The van der Waals surface area contributed by atoms with Crippen molar-refractivity contribution < 1.29 is 14.4 Å². The summed E-state index contributed by atoms with van der Waals surface area (Å²) < 4.78 is 0. The Labute approximate surface area is 152 Å². The van der Waals surface area contributed by atoms with Crippen molar-refractivity contribution in [2.45, 2.75) is 12.8 Å². The quantitative estimate of drug-likeness (QED) is 0.677. The number of pyridine rings is 1. The molecule has 0 atom stereocenters. The number of aromatic amines is 1. The normalized spacial score (nSPS) is 14.0. The van der Waals surface area contributed by atoms with E-state index in [1.165, 1.54) is 28.5 Å². The predicted molar refractivity (Wildman–Crippen MR) is 95.0 cm³/mol. The van der Waals surface area contributed by atoms with Gasteiger partial charge in [0.15, 0.2) is 5.13 Å². The zero-order valence-electron chi connectivity index (χ0n) is 13.8. The zero-order valence-corrected chi connectivity index (χ0v) is 14.6. The van der Waals surface area contributed by atoms with Gasteiger partial charge < -0.3 is 15.2 Å². The number of anilines is 1. The zero-order chi connectivity index (χ0) is 18.5. The SMILES string of the molecule is O=C1CN(C(=O)CCc2csc(NC(=O)c3ccc[nH]c3=O)n2)CCN1. The first kappa shape index (κ1) is 17.8. The third-order valence-corrected chi connectivity index (χ3v) is 4.63. The van der Waals surface area contributed by atoms with Gasteiger partial charge in [-0.2, -0.15) is 0 Å². The van der Waals surface area contributed by atoms with Crippen molar-refractivity contribution in [1.82, 2.24) is 20.2 Å². The summed E-state index contributed by atoms with van der Waals surface area (Å²) in [6.45, 7) is 1.06. The van der Waals surface area contributed by atoms with Gasteiger partial charge in [-0.05, 0) is 18.6 Å². The summed E-state index contributed by atoms with van der Waals surface area (Å²) in [5.41, 5.74) is 0.197. The fraction of sp³-hybridized carbons (Fsp3) is 0.312. The standard InChI is InChI=1S/C16H17N5O4S/c22-12-8-21(7-6-17-12)13(23)4-3-10-9-26-16(19-10)20-15(25)11-2-1-5-18-14(11)24/h1-2,5,9H,3-4,6-8H2,(H,17,22)(H,18,24)(H,19,20,25). The van der Waals surface area contributed by atoms with Crippen LogP contribution in [0, 0.1) is 0 Å². The van der Waals surface area contributed by atoms with E-state index in [4.69, 9.17) is 0 Å². The van der Waals surface area contributed by atoms with Crippen molar-refractivity contribution in [2.24, 2.45) is 0 Å². The van der Waals surface area contributed by atoms with E-state index in [-0.39, 0.29) is 30.3 Å². The molecule has 3 heterocycles. The van der Waals surface area contributed by atoms with Crippen LogP contribution in [0.4, 0.5) is 5.13 Å². The van der Waals surface area contributed by atoms with Crippen LogP contribution in [0.5, 0.6) is 0 Å². The third kappa shape index (κ3) is 4.33. The molecule has 0 saturated carbocycles. The minimum absolute atomic E-state index is 0.00260. The molecular weight excluding hydrogens is 358 g/mol. The Kier molecular flexibility index (Phi) is 5.42. The van der Waals surface area contributed by atoms with Crippen molar-refractivity contribution >= 4 is 34.2 Å². The minimum Gasteiger partial charge on any atom is -0.353 e. The lowest BCUT2D eigenvalue weighted by Gasteiger charge is -2.26. The second-order valence-corrected chi connectivity index (χ2v) is 6.53. The van der Waals surface area contributed by atoms with Crippen LogP contribution in [-0.2, 0) is 16.0 Å². The Morgan fingerprint density at radius 2 is 2.19 bits per heavy atom. The molecular formula is C16H17N5O4S. The minimum atomic E-state index is -0.539. The van der Waals surface area contributed by atoms with E-state index in [1.54, 1.807) is 11.4 Å². The number of carbonyl (C=O) groups is 3. The van der Waals surface area contributed by atoms with Crippen LogP contribution >= 0.6 is 11.3 Å². The number of rotatable bonds is 5. The molecule has 3 amide bonds. The predicted octanol–water partition coefficient (Wildman–Crippen LogP) is -0.0253. The lowest BCUT2D eigenvalue weighted by molar-refractivity contribution is -0.138. The van der Waals surface area contributed by atoms with E-state index in [0.717, 1.165) is 0 Å². The van der Waals surface area contributed by atoms with E-state index in [0.29, 0.717) is 30.3 Å². The van der Waals surface area contributed by atoms with Gasteiger partial charge in [-0.15, -0.1) is 11.3 Å². The summed E-state index contributed by atoms with van der Waals surface area (Å²) in [7, 11) is 0. The molecule has 2 aromatic heterocycles. The summed E-state index contributed by atoms with van der Waals surface area (Å²) in [6.07, 6.45) is 2.10. The number of aromatic nitrogens is 2. The van der Waals surface area contributed by atoms with E-state index >= 15 is 0 Å². The first-order valence-electron chi connectivity index (χ1n) is 8.01. The van der Waals surface area contributed by atoms with Gasteiger partial charge in [0.25, 0.3) is 11.5 Å². The largest absolute Gasteiger partial charge is 0.353 e. The molecule has 1 fully saturated rings. The molecule has 3 N–H and O–H groups in total. The van der Waals surface area contributed by atoms with Gasteiger partial charge in [-0.25, -0.2) is 4.98 Å². The molecule has 2 aromatic rings. The number of hydrogen-bond donors (Lipinski definition) is 3. The van der Waals surface area contributed by atoms with Crippen LogP contribution in [0.15, 0.2) is 28.5 Å². The highest BCUT2D eigenvalue weighted by molar-refractivity contribution is 7.14.